The van der Waals surface area contributed by atoms with Crippen LogP contribution in [0.5, 0.6) is 0 Å². The smallest absolute Gasteiger partial charge is 0.269 e. The maximum Gasteiger partial charge on any atom is 0.269 e. The maximum atomic E-state index is 12.6. The standard InChI is InChI=1S/C12H18FN3O.ClH/c1-3-12(14,4-2)8-16-11(17)10-6-5-9(13)7-15-10;/h5-7H,3-4,8,14H2,1-2H3,(H,16,17);1H. The number of nitrogens with one attached hydrogen (secondary N) is 1. The number of carbonyl (C=O) groups excluding carboxylic acids is 1. The minimum atomic E-state index is -0.461. The molecule has 0 spiro atoms. The molecule has 0 aliphatic carbocycles. The van der Waals surface area contributed by atoms with E-state index in [1.54, 1.807) is 0 Å². The summed E-state index contributed by atoms with van der Waals surface area (Å²) in [5, 5.41) is 2.71. The van der Waals surface area contributed by atoms with Crippen molar-refractivity contribution in [3.8, 4) is 0 Å². The van der Waals surface area contributed by atoms with Crippen LogP contribution in [0.15, 0.2) is 18.3 Å². The van der Waals surface area contributed by atoms with Crippen LogP contribution < -0.4 is 11.1 Å². The fourth-order valence-electron chi connectivity index (χ4n) is 1.36. The number of nitrogens with two attached hydrogens (primary N) is 1. The molecule has 0 aliphatic heterocycles. The summed E-state index contributed by atoms with van der Waals surface area (Å²) in [6, 6.07) is 2.55. The Kier molecular flexibility index (Phi) is 6.80. The van der Waals surface area contributed by atoms with Gasteiger partial charge in [0.2, 0.25) is 0 Å². The number of pyridine rings is 1. The highest BCUT2D eigenvalue weighted by molar-refractivity contribution is 5.92. The van der Waals surface area contributed by atoms with Gasteiger partial charge in [-0.05, 0) is 25.0 Å². The van der Waals surface area contributed by atoms with Gasteiger partial charge in [-0.3, -0.25) is 4.79 Å². The van der Waals surface area contributed by atoms with Crippen molar-refractivity contribution >= 4 is 18.3 Å². The molecule has 0 bridgehead atoms. The highest BCUT2D eigenvalue weighted by Crippen LogP contribution is 2.09. The fraction of sp³-hybridized carbons (Fsp3) is 0.500. The van der Waals surface area contributed by atoms with Crippen LogP contribution in [-0.4, -0.2) is 23.0 Å². The molecule has 0 saturated carbocycles. The third kappa shape index (κ3) is 4.58. The number of aromatic nitrogens is 1. The summed E-state index contributed by atoms with van der Waals surface area (Å²) in [7, 11) is 0. The lowest BCUT2D eigenvalue weighted by Crippen LogP contribution is -2.49. The SMILES string of the molecule is CCC(N)(CC)CNC(=O)c1ccc(F)cn1.Cl. The lowest BCUT2D eigenvalue weighted by molar-refractivity contribution is 0.0937. The number of rotatable bonds is 5. The number of nitrogens with zero attached hydrogens (tertiary/aromatic N) is 1. The van der Waals surface area contributed by atoms with E-state index in [1.165, 1.54) is 12.1 Å². The van der Waals surface area contributed by atoms with Crippen LogP contribution in [0.25, 0.3) is 0 Å². The molecule has 0 radical (unpaired) electrons. The number of carbonyl (C=O) groups is 1. The Morgan fingerprint density at radius 3 is 2.50 bits per heavy atom. The van der Waals surface area contributed by atoms with Gasteiger partial charge in [-0.25, -0.2) is 9.37 Å². The third-order valence-corrected chi connectivity index (χ3v) is 2.97. The van der Waals surface area contributed by atoms with Crippen molar-refractivity contribution in [1.29, 1.82) is 0 Å². The van der Waals surface area contributed by atoms with Crippen molar-refractivity contribution in [3.63, 3.8) is 0 Å². The van der Waals surface area contributed by atoms with Gasteiger partial charge >= 0.3 is 0 Å². The Morgan fingerprint density at radius 2 is 2.06 bits per heavy atom. The van der Waals surface area contributed by atoms with Gasteiger partial charge in [0.05, 0.1) is 6.20 Å². The second kappa shape index (κ2) is 7.28. The van der Waals surface area contributed by atoms with E-state index in [-0.39, 0.29) is 24.0 Å². The van der Waals surface area contributed by atoms with Crippen molar-refractivity contribution in [3.05, 3.63) is 29.8 Å². The lowest BCUT2D eigenvalue weighted by atomic mass is 9.94. The van der Waals surface area contributed by atoms with Crippen LogP contribution in [0.3, 0.4) is 0 Å². The van der Waals surface area contributed by atoms with Gasteiger partial charge in [-0.2, -0.15) is 0 Å². The summed E-state index contributed by atoms with van der Waals surface area (Å²) < 4.78 is 12.6. The Labute approximate surface area is 113 Å². The monoisotopic (exact) mass is 275 g/mol. The first-order valence-electron chi connectivity index (χ1n) is 5.69. The molecule has 0 fully saturated rings. The van der Waals surface area contributed by atoms with Gasteiger partial charge in [0.1, 0.15) is 11.5 Å². The molecule has 3 N–H and O–H groups in total. The summed E-state index contributed by atoms with van der Waals surface area (Å²) in [5.74, 6) is -0.793. The molecule has 0 unspecified atom stereocenters. The molecule has 0 saturated heterocycles. The van der Waals surface area contributed by atoms with Crippen LogP contribution in [0.2, 0.25) is 0 Å². The molecule has 102 valence electrons. The Balaban J connectivity index is 0.00000289. The summed E-state index contributed by atoms with van der Waals surface area (Å²) in [4.78, 5) is 15.4. The minimum absolute atomic E-state index is 0. The third-order valence-electron chi connectivity index (χ3n) is 2.97. The number of hydrogen-bond acceptors (Lipinski definition) is 3. The molecular formula is C12H19ClFN3O. The zero-order valence-corrected chi connectivity index (χ0v) is 11.4. The average molecular weight is 276 g/mol. The molecule has 0 atom stereocenters. The van der Waals surface area contributed by atoms with Crippen LogP contribution in [0, 0.1) is 5.82 Å². The zero-order valence-electron chi connectivity index (χ0n) is 10.6. The van der Waals surface area contributed by atoms with Gasteiger partial charge in [0.15, 0.2) is 0 Å². The van der Waals surface area contributed by atoms with Gasteiger partial charge in [0.25, 0.3) is 5.91 Å². The van der Waals surface area contributed by atoms with Crippen molar-refractivity contribution < 1.29 is 9.18 Å². The molecule has 18 heavy (non-hydrogen) atoms. The first kappa shape index (κ1) is 16.8. The molecule has 0 aromatic carbocycles. The van der Waals surface area contributed by atoms with Crippen molar-refractivity contribution in [2.24, 2.45) is 5.73 Å². The molecule has 1 aromatic heterocycles. The number of halogens is 2. The van der Waals surface area contributed by atoms with E-state index >= 15 is 0 Å². The van der Waals surface area contributed by atoms with E-state index in [4.69, 9.17) is 5.73 Å². The first-order valence-corrected chi connectivity index (χ1v) is 5.69. The zero-order chi connectivity index (χ0) is 12.9. The molecule has 1 heterocycles. The molecule has 6 heteroatoms. The van der Waals surface area contributed by atoms with Gasteiger partial charge in [-0.1, -0.05) is 13.8 Å². The molecular weight excluding hydrogens is 257 g/mol. The van der Waals surface area contributed by atoms with E-state index in [9.17, 15) is 9.18 Å². The van der Waals surface area contributed by atoms with Crippen LogP contribution in [-0.2, 0) is 0 Å². The van der Waals surface area contributed by atoms with E-state index in [2.05, 4.69) is 10.3 Å². The summed E-state index contributed by atoms with van der Waals surface area (Å²) in [6.07, 6.45) is 2.57. The second-order valence-electron chi connectivity index (χ2n) is 4.11. The maximum absolute atomic E-state index is 12.6. The van der Waals surface area contributed by atoms with Crippen LogP contribution in [0.1, 0.15) is 37.2 Å². The summed E-state index contributed by atoms with van der Waals surface area (Å²) >= 11 is 0. The largest absolute Gasteiger partial charge is 0.349 e. The summed E-state index contributed by atoms with van der Waals surface area (Å²) in [5.41, 5.74) is 5.85. The highest BCUT2D eigenvalue weighted by atomic mass is 35.5. The van der Waals surface area contributed by atoms with Crippen LogP contribution >= 0.6 is 12.4 Å². The van der Waals surface area contributed by atoms with Crippen molar-refractivity contribution in [2.75, 3.05) is 6.54 Å². The van der Waals surface area contributed by atoms with E-state index < -0.39 is 11.4 Å². The molecule has 1 rings (SSSR count). The molecule has 1 amide bonds. The summed E-state index contributed by atoms with van der Waals surface area (Å²) in [6.45, 7) is 4.34. The predicted molar refractivity (Wildman–Crippen MR) is 71.3 cm³/mol. The van der Waals surface area contributed by atoms with Crippen LogP contribution in [0.4, 0.5) is 4.39 Å². The second-order valence-corrected chi connectivity index (χ2v) is 4.11. The molecule has 4 nitrogen and oxygen atoms in total. The Bertz CT molecular complexity index is 379. The van der Waals surface area contributed by atoms with E-state index in [0.29, 0.717) is 6.54 Å². The minimum Gasteiger partial charge on any atom is -0.349 e. The van der Waals surface area contributed by atoms with Crippen molar-refractivity contribution in [2.45, 2.75) is 32.2 Å². The predicted octanol–water partition coefficient (Wildman–Crippen LogP) is 1.89. The number of hydrogen-bond donors (Lipinski definition) is 2. The van der Waals surface area contributed by atoms with E-state index in [0.717, 1.165) is 19.0 Å². The Hall–Kier alpha value is -1.20. The first-order chi connectivity index (χ1) is 8.00. The van der Waals surface area contributed by atoms with Gasteiger partial charge < -0.3 is 11.1 Å². The van der Waals surface area contributed by atoms with Gasteiger partial charge in [-0.15, -0.1) is 12.4 Å². The normalized spacial score (nSPS) is 10.7. The molecule has 1 aromatic rings. The fourth-order valence-corrected chi connectivity index (χ4v) is 1.36. The quantitative estimate of drug-likeness (QED) is 0.862. The topological polar surface area (TPSA) is 68.0 Å². The number of amides is 1. The average Bonchev–Trinajstić information content (AvgIpc) is 2.36. The van der Waals surface area contributed by atoms with E-state index in [1.807, 2.05) is 13.8 Å². The van der Waals surface area contributed by atoms with Crippen molar-refractivity contribution in [1.82, 2.24) is 10.3 Å². The Morgan fingerprint density at radius 1 is 1.44 bits per heavy atom. The van der Waals surface area contributed by atoms with Gasteiger partial charge in [0, 0.05) is 12.1 Å². The molecule has 0 aliphatic rings. The lowest BCUT2D eigenvalue weighted by Gasteiger charge is -2.26. The highest BCUT2D eigenvalue weighted by Gasteiger charge is 2.21.